The zero-order valence-electron chi connectivity index (χ0n) is 12.2. The third kappa shape index (κ3) is 5.19. The van der Waals surface area contributed by atoms with E-state index in [2.05, 4.69) is 13.8 Å². The first kappa shape index (κ1) is 16.0. The van der Waals surface area contributed by atoms with Gasteiger partial charge in [0, 0.05) is 19.5 Å². The lowest BCUT2D eigenvalue weighted by atomic mass is 9.84. The molecule has 1 unspecified atom stereocenters. The van der Waals surface area contributed by atoms with E-state index in [9.17, 15) is 9.59 Å². The van der Waals surface area contributed by atoms with Crippen LogP contribution in [-0.2, 0) is 9.59 Å². The van der Waals surface area contributed by atoms with Crippen LogP contribution in [-0.4, -0.2) is 36.3 Å². The first-order valence-corrected chi connectivity index (χ1v) is 7.13. The molecule has 0 bridgehead atoms. The van der Waals surface area contributed by atoms with E-state index in [1.165, 1.54) is 0 Å². The number of likely N-dealkylation sites (tertiary alicyclic amines) is 1. The molecular formula is C14H27N3O2. The maximum Gasteiger partial charge on any atom is 0.222 e. The van der Waals surface area contributed by atoms with Crippen molar-refractivity contribution in [3.05, 3.63) is 0 Å². The molecule has 1 aliphatic heterocycles. The third-order valence-corrected chi connectivity index (χ3v) is 4.01. The van der Waals surface area contributed by atoms with Crippen molar-refractivity contribution in [3.8, 4) is 0 Å². The quantitative estimate of drug-likeness (QED) is 0.749. The van der Waals surface area contributed by atoms with Crippen molar-refractivity contribution in [1.82, 2.24) is 4.90 Å². The molecule has 1 atom stereocenters. The van der Waals surface area contributed by atoms with Gasteiger partial charge in [-0.25, -0.2) is 0 Å². The van der Waals surface area contributed by atoms with Crippen LogP contribution in [0.4, 0.5) is 0 Å². The summed E-state index contributed by atoms with van der Waals surface area (Å²) in [5.41, 5.74) is 11.0. The standard InChI is InChI=1S/C14H27N3O2/c1-14(2,7-8-15)6-5-12(18)17-9-3-4-11(10-17)13(16)19/h11H,3-10,15H2,1-2H3,(H2,16,19). The zero-order chi connectivity index (χ0) is 14.5. The Morgan fingerprint density at radius 1 is 1.32 bits per heavy atom. The lowest BCUT2D eigenvalue weighted by Crippen LogP contribution is -2.44. The van der Waals surface area contributed by atoms with E-state index in [4.69, 9.17) is 11.5 Å². The Bertz CT molecular complexity index is 329. The third-order valence-electron chi connectivity index (χ3n) is 4.01. The monoisotopic (exact) mass is 269 g/mol. The highest BCUT2D eigenvalue weighted by atomic mass is 16.2. The first-order valence-electron chi connectivity index (χ1n) is 7.13. The molecule has 0 aromatic carbocycles. The van der Waals surface area contributed by atoms with Crippen LogP contribution in [0.25, 0.3) is 0 Å². The number of carbonyl (C=O) groups is 2. The number of primary amides is 1. The largest absolute Gasteiger partial charge is 0.369 e. The van der Waals surface area contributed by atoms with Crippen LogP contribution >= 0.6 is 0 Å². The molecule has 0 spiro atoms. The van der Waals surface area contributed by atoms with Gasteiger partial charge in [0.15, 0.2) is 0 Å². The number of amides is 2. The van der Waals surface area contributed by atoms with Gasteiger partial charge in [-0.15, -0.1) is 0 Å². The van der Waals surface area contributed by atoms with Crippen molar-refractivity contribution in [1.29, 1.82) is 0 Å². The molecule has 110 valence electrons. The number of carbonyl (C=O) groups excluding carboxylic acids is 2. The molecule has 0 aromatic heterocycles. The Hall–Kier alpha value is -1.10. The fourth-order valence-corrected chi connectivity index (χ4v) is 2.56. The molecule has 1 fully saturated rings. The van der Waals surface area contributed by atoms with Crippen LogP contribution < -0.4 is 11.5 Å². The summed E-state index contributed by atoms with van der Waals surface area (Å²) in [6.45, 7) is 6.16. The van der Waals surface area contributed by atoms with Crippen LogP contribution in [0.2, 0.25) is 0 Å². The highest BCUT2D eigenvalue weighted by Gasteiger charge is 2.27. The highest BCUT2D eigenvalue weighted by molar-refractivity contribution is 5.80. The summed E-state index contributed by atoms with van der Waals surface area (Å²) in [4.78, 5) is 25.1. The summed E-state index contributed by atoms with van der Waals surface area (Å²) in [6, 6.07) is 0. The molecule has 0 aromatic rings. The van der Waals surface area contributed by atoms with Gasteiger partial charge in [-0.1, -0.05) is 13.8 Å². The molecule has 1 saturated heterocycles. The molecule has 2 amide bonds. The Labute approximate surface area is 115 Å². The minimum atomic E-state index is -0.291. The molecule has 5 heteroatoms. The number of hydrogen-bond donors (Lipinski definition) is 2. The van der Waals surface area contributed by atoms with Gasteiger partial charge in [0.1, 0.15) is 0 Å². The van der Waals surface area contributed by atoms with E-state index in [-0.39, 0.29) is 23.1 Å². The van der Waals surface area contributed by atoms with E-state index in [0.29, 0.717) is 19.5 Å². The molecule has 4 N–H and O–H groups in total. The summed E-state index contributed by atoms with van der Waals surface area (Å²) in [6.07, 6.45) is 3.95. The van der Waals surface area contributed by atoms with E-state index in [0.717, 1.165) is 32.2 Å². The second kappa shape index (κ2) is 6.89. The molecule has 5 nitrogen and oxygen atoms in total. The molecule has 1 rings (SSSR count). The Morgan fingerprint density at radius 2 is 2.00 bits per heavy atom. The summed E-state index contributed by atoms with van der Waals surface area (Å²) in [5.74, 6) is -0.327. The SMILES string of the molecule is CC(C)(CCN)CCC(=O)N1CCCC(C(N)=O)C1. The predicted molar refractivity (Wildman–Crippen MR) is 75.2 cm³/mol. The fourth-order valence-electron chi connectivity index (χ4n) is 2.56. The van der Waals surface area contributed by atoms with Crippen molar-refractivity contribution in [2.75, 3.05) is 19.6 Å². The molecular weight excluding hydrogens is 242 g/mol. The van der Waals surface area contributed by atoms with Crippen molar-refractivity contribution in [2.24, 2.45) is 22.8 Å². The van der Waals surface area contributed by atoms with Gasteiger partial charge < -0.3 is 16.4 Å². The minimum absolute atomic E-state index is 0.100. The fraction of sp³-hybridized carbons (Fsp3) is 0.857. The minimum Gasteiger partial charge on any atom is -0.369 e. The van der Waals surface area contributed by atoms with Gasteiger partial charge in [-0.05, 0) is 37.6 Å². The van der Waals surface area contributed by atoms with Crippen LogP contribution in [0.1, 0.15) is 46.0 Å². The van der Waals surface area contributed by atoms with E-state index in [1.807, 2.05) is 0 Å². The van der Waals surface area contributed by atoms with Gasteiger partial charge in [-0.2, -0.15) is 0 Å². The van der Waals surface area contributed by atoms with E-state index < -0.39 is 0 Å². The van der Waals surface area contributed by atoms with Crippen molar-refractivity contribution >= 4 is 11.8 Å². The summed E-state index contributed by atoms with van der Waals surface area (Å²) < 4.78 is 0. The number of nitrogens with two attached hydrogens (primary N) is 2. The molecule has 19 heavy (non-hydrogen) atoms. The van der Waals surface area contributed by atoms with Crippen LogP contribution in [0.5, 0.6) is 0 Å². The maximum absolute atomic E-state index is 12.2. The molecule has 0 radical (unpaired) electrons. The molecule has 0 saturated carbocycles. The van der Waals surface area contributed by atoms with E-state index in [1.54, 1.807) is 4.90 Å². The van der Waals surface area contributed by atoms with Crippen molar-refractivity contribution in [2.45, 2.75) is 46.0 Å². The van der Waals surface area contributed by atoms with Gasteiger partial charge in [0.25, 0.3) is 0 Å². The Morgan fingerprint density at radius 3 is 2.58 bits per heavy atom. The van der Waals surface area contributed by atoms with Gasteiger partial charge in [0.2, 0.25) is 11.8 Å². The smallest absolute Gasteiger partial charge is 0.222 e. The van der Waals surface area contributed by atoms with E-state index >= 15 is 0 Å². The maximum atomic E-state index is 12.2. The molecule has 0 aliphatic carbocycles. The summed E-state index contributed by atoms with van der Waals surface area (Å²) in [7, 11) is 0. The van der Waals surface area contributed by atoms with Crippen LogP contribution in [0.3, 0.4) is 0 Å². The second-order valence-electron chi connectivity index (χ2n) is 6.28. The zero-order valence-corrected chi connectivity index (χ0v) is 12.2. The van der Waals surface area contributed by atoms with Crippen molar-refractivity contribution < 1.29 is 9.59 Å². The second-order valence-corrected chi connectivity index (χ2v) is 6.28. The van der Waals surface area contributed by atoms with Crippen molar-refractivity contribution in [3.63, 3.8) is 0 Å². The normalized spacial score (nSPS) is 20.4. The number of rotatable bonds is 6. The number of nitrogens with zero attached hydrogens (tertiary/aromatic N) is 1. The van der Waals surface area contributed by atoms with Crippen LogP contribution in [0, 0.1) is 11.3 Å². The first-order chi connectivity index (χ1) is 8.85. The topological polar surface area (TPSA) is 89.4 Å². The van der Waals surface area contributed by atoms with Crippen LogP contribution in [0.15, 0.2) is 0 Å². The van der Waals surface area contributed by atoms with Gasteiger partial charge >= 0.3 is 0 Å². The molecule has 1 aliphatic rings. The average Bonchev–Trinajstić information content (AvgIpc) is 2.36. The Balaban J connectivity index is 2.43. The molecule has 1 heterocycles. The summed E-state index contributed by atoms with van der Waals surface area (Å²) >= 11 is 0. The lowest BCUT2D eigenvalue weighted by molar-refractivity contribution is -0.135. The number of piperidine rings is 1. The Kier molecular flexibility index (Phi) is 5.79. The van der Waals surface area contributed by atoms with Gasteiger partial charge in [0.05, 0.1) is 5.92 Å². The van der Waals surface area contributed by atoms with Gasteiger partial charge in [-0.3, -0.25) is 9.59 Å². The summed E-state index contributed by atoms with van der Waals surface area (Å²) in [5, 5.41) is 0. The number of hydrogen-bond acceptors (Lipinski definition) is 3. The highest BCUT2D eigenvalue weighted by Crippen LogP contribution is 2.27. The predicted octanol–water partition coefficient (Wildman–Crippen LogP) is 0.866. The lowest BCUT2D eigenvalue weighted by Gasteiger charge is -2.32. The average molecular weight is 269 g/mol.